The molecule has 1 aromatic heterocycles. The van der Waals surface area contributed by atoms with Crippen molar-refractivity contribution in [2.24, 2.45) is 0 Å². The van der Waals surface area contributed by atoms with Gasteiger partial charge in [-0.2, -0.15) is 0 Å². The maximum Gasteiger partial charge on any atom is 0.331 e. The van der Waals surface area contributed by atoms with Crippen LogP contribution in [0, 0.1) is 0 Å². The maximum atomic E-state index is 12.5. The van der Waals surface area contributed by atoms with Crippen LogP contribution >= 0.6 is 0 Å². The van der Waals surface area contributed by atoms with Crippen LogP contribution in [-0.4, -0.2) is 45.4 Å². The molecule has 1 N–H and O–H groups in total. The summed E-state index contributed by atoms with van der Waals surface area (Å²) in [5.74, 6) is 0.0236. The topological polar surface area (TPSA) is 59.6 Å². The highest BCUT2D eigenvalue weighted by Crippen LogP contribution is 2.25. The van der Waals surface area contributed by atoms with E-state index in [9.17, 15) is 9.90 Å². The lowest BCUT2D eigenvalue weighted by Crippen LogP contribution is -2.35. The summed E-state index contributed by atoms with van der Waals surface area (Å²) < 4.78 is 8.44. The van der Waals surface area contributed by atoms with E-state index in [0.717, 1.165) is 44.8 Å². The smallest absolute Gasteiger partial charge is 0.331 e. The Bertz CT molecular complexity index is 1030. The van der Waals surface area contributed by atoms with Crippen molar-refractivity contribution < 1.29 is 9.84 Å². The highest BCUT2D eigenvalue weighted by atomic mass is 16.5. The number of nitrogens with zero attached hydrogens (tertiary/aromatic N) is 3. The van der Waals surface area contributed by atoms with E-state index in [1.807, 2.05) is 6.92 Å². The fraction of sp³-hybridized carbons (Fsp3) is 0.375. The van der Waals surface area contributed by atoms with Gasteiger partial charge in [-0.1, -0.05) is 55.5 Å². The lowest BCUT2D eigenvalue weighted by molar-refractivity contribution is 0.0342. The zero-order chi connectivity index (χ0) is 20.9. The number of morpholine rings is 1. The van der Waals surface area contributed by atoms with Gasteiger partial charge in [0, 0.05) is 26.2 Å². The lowest BCUT2D eigenvalue weighted by Gasteiger charge is -2.27. The molecular formula is C24H29N3O3. The minimum absolute atomic E-state index is 0.0236. The van der Waals surface area contributed by atoms with Crippen molar-refractivity contribution >= 4 is 0 Å². The van der Waals surface area contributed by atoms with Gasteiger partial charge in [0.15, 0.2) is 0 Å². The van der Waals surface area contributed by atoms with Crippen molar-refractivity contribution in [1.82, 2.24) is 14.0 Å². The molecule has 6 nitrogen and oxygen atoms in total. The Morgan fingerprint density at radius 1 is 1.00 bits per heavy atom. The Kier molecular flexibility index (Phi) is 6.35. The zero-order valence-corrected chi connectivity index (χ0v) is 17.5. The molecule has 2 aromatic carbocycles. The number of hydrogen-bond acceptors (Lipinski definition) is 4. The number of aromatic hydroxyl groups is 1. The van der Waals surface area contributed by atoms with Crippen LogP contribution in [0.4, 0.5) is 0 Å². The molecule has 0 atom stereocenters. The summed E-state index contributed by atoms with van der Waals surface area (Å²) in [5.41, 5.74) is 4.57. The van der Waals surface area contributed by atoms with Gasteiger partial charge in [0.1, 0.15) is 0 Å². The van der Waals surface area contributed by atoms with Gasteiger partial charge in [0.2, 0.25) is 5.88 Å². The predicted molar refractivity (Wildman–Crippen MR) is 118 cm³/mol. The Hall–Kier alpha value is -2.83. The summed E-state index contributed by atoms with van der Waals surface area (Å²) in [5, 5.41) is 10.0. The summed E-state index contributed by atoms with van der Waals surface area (Å²) in [6, 6.07) is 16.9. The lowest BCUT2D eigenvalue weighted by atomic mass is 9.98. The molecule has 1 saturated heterocycles. The molecule has 0 saturated carbocycles. The molecule has 0 bridgehead atoms. The number of imidazole rings is 1. The van der Waals surface area contributed by atoms with Crippen molar-refractivity contribution in [2.45, 2.75) is 33.0 Å². The normalized spacial score (nSPS) is 14.8. The molecule has 6 heteroatoms. The maximum absolute atomic E-state index is 12.5. The highest BCUT2D eigenvalue weighted by Gasteiger charge is 2.14. The predicted octanol–water partition coefficient (Wildman–Crippen LogP) is 3.31. The molecule has 158 valence electrons. The van der Waals surface area contributed by atoms with Crippen LogP contribution in [0.15, 0.2) is 59.5 Å². The van der Waals surface area contributed by atoms with Crippen LogP contribution in [0.1, 0.15) is 24.5 Å². The Balaban J connectivity index is 1.52. The van der Waals surface area contributed by atoms with Gasteiger partial charge in [-0.25, -0.2) is 4.79 Å². The quantitative estimate of drug-likeness (QED) is 0.653. The third-order valence-electron chi connectivity index (χ3n) is 5.60. The van der Waals surface area contributed by atoms with Gasteiger partial charge < -0.3 is 9.84 Å². The first-order valence-corrected chi connectivity index (χ1v) is 10.6. The summed E-state index contributed by atoms with van der Waals surface area (Å²) in [4.78, 5) is 14.9. The van der Waals surface area contributed by atoms with Gasteiger partial charge in [0.25, 0.3) is 0 Å². The van der Waals surface area contributed by atoms with Crippen LogP contribution in [-0.2, 0) is 24.4 Å². The van der Waals surface area contributed by atoms with Crippen LogP contribution in [0.25, 0.3) is 11.1 Å². The van der Waals surface area contributed by atoms with E-state index in [0.29, 0.717) is 13.1 Å². The van der Waals surface area contributed by atoms with E-state index in [-0.39, 0.29) is 11.6 Å². The van der Waals surface area contributed by atoms with Crippen molar-refractivity contribution in [3.63, 3.8) is 0 Å². The molecule has 1 fully saturated rings. The van der Waals surface area contributed by atoms with Gasteiger partial charge in [-0.15, -0.1) is 0 Å². The number of benzene rings is 2. The molecule has 0 spiro atoms. The second-order valence-electron chi connectivity index (χ2n) is 7.79. The third kappa shape index (κ3) is 4.50. The fourth-order valence-corrected chi connectivity index (χ4v) is 3.99. The minimum atomic E-state index is -0.172. The fourth-order valence-electron chi connectivity index (χ4n) is 3.99. The molecular weight excluding hydrogens is 378 g/mol. The van der Waals surface area contributed by atoms with E-state index in [2.05, 4.69) is 53.4 Å². The number of rotatable bonds is 7. The first-order chi connectivity index (χ1) is 14.7. The summed E-state index contributed by atoms with van der Waals surface area (Å²) in [6.45, 7) is 7.39. The second kappa shape index (κ2) is 9.32. The Morgan fingerprint density at radius 2 is 1.73 bits per heavy atom. The number of ether oxygens (including phenoxy) is 1. The number of hydrogen-bond donors (Lipinski definition) is 1. The molecule has 30 heavy (non-hydrogen) atoms. The largest absolute Gasteiger partial charge is 0.493 e. The first-order valence-electron chi connectivity index (χ1n) is 10.6. The second-order valence-corrected chi connectivity index (χ2v) is 7.79. The summed E-state index contributed by atoms with van der Waals surface area (Å²) >= 11 is 0. The molecule has 4 rings (SSSR count). The first kappa shape index (κ1) is 20.4. The monoisotopic (exact) mass is 407 g/mol. The summed E-state index contributed by atoms with van der Waals surface area (Å²) in [7, 11) is 0. The molecule has 0 unspecified atom stereocenters. The molecule has 1 aliphatic heterocycles. The SMILES string of the molecule is CCCn1c(O)cn(Cc2ccc(-c3ccccc3CN3CCOCC3)cc2)c1=O. The molecule has 0 aliphatic carbocycles. The zero-order valence-electron chi connectivity index (χ0n) is 17.5. The van der Waals surface area contributed by atoms with Crippen molar-refractivity contribution in [3.05, 3.63) is 76.3 Å². The molecule has 1 aliphatic rings. The minimum Gasteiger partial charge on any atom is -0.493 e. The van der Waals surface area contributed by atoms with Crippen LogP contribution in [0.3, 0.4) is 0 Å². The van der Waals surface area contributed by atoms with Gasteiger partial charge in [0.05, 0.1) is 26.0 Å². The van der Waals surface area contributed by atoms with E-state index < -0.39 is 0 Å². The average molecular weight is 408 g/mol. The molecule has 0 radical (unpaired) electrons. The van der Waals surface area contributed by atoms with Crippen molar-refractivity contribution in [3.8, 4) is 17.0 Å². The van der Waals surface area contributed by atoms with Crippen LogP contribution < -0.4 is 5.69 Å². The van der Waals surface area contributed by atoms with Crippen molar-refractivity contribution in [1.29, 1.82) is 0 Å². The van der Waals surface area contributed by atoms with Gasteiger partial charge in [-0.3, -0.25) is 14.0 Å². The number of aromatic nitrogens is 2. The molecule has 0 amide bonds. The summed E-state index contributed by atoms with van der Waals surface area (Å²) in [6.07, 6.45) is 2.32. The highest BCUT2D eigenvalue weighted by molar-refractivity contribution is 5.67. The Morgan fingerprint density at radius 3 is 2.47 bits per heavy atom. The van der Waals surface area contributed by atoms with Crippen LogP contribution in [0.5, 0.6) is 5.88 Å². The van der Waals surface area contributed by atoms with E-state index in [1.54, 1.807) is 4.57 Å². The molecule has 2 heterocycles. The van der Waals surface area contributed by atoms with Crippen molar-refractivity contribution in [2.75, 3.05) is 26.3 Å². The van der Waals surface area contributed by atoms with Gasteiger partial charge in [-0.05, 0) is 28.7 Å². The average Bonchev–Trinajstić information content (AvgIpc) is 3.03. The molecule has 3 aromatic rings. The van der Waals surface area contributed by atoms with E-state index >= 15 is 0 Å². The Labute approximate surface area is 177 Å². The van der Waals surface area contributed by atoms with E-state index in [1.165, 1.54) is 27.5 Å². The van der Waals surface area contributed by atoms with E-state index in [4.69, 9.17) is 4.74 Å². The standard InChI is InChI=1S/C24H29N3O3/c1-2-11-27-23(28)18-26(24(27)29)16-19-7-9-20(10-8-19)22-6-4-3-5-21(22)17-25-12-14-30-15-13-25/h3-10,18,28H,2,11-17H2,1H3. The third-order valence-corrected chi connectivity index (χ3v) is 5.60. The van der Waals surface area contributed by atoms with Crippen LogP contribution in [0.2, 0.25) is 0 Å². The van der Waals surface area contributed by atoms with Gasteiger partial charge >= 0.3 is 5.69 Å².